The van der Waals surface area contributed by atoms with Crippen LogP contribution in [0.1, 0.15) is 24.0 Å². The van der Waals surface area contributed by atoms with E-state index in [9.17, 15) is 24.6 Å². The molecule has 0 heterocycles. The molecule has 0 saturated heterocycles. The second-order valence-corrected chi connectivity index (χ2v) is 6.97. The smallest absolute Gasteiger partial charge is 0.326 e. The van der Waals surface area contributed by atoms with Gasteiger partial charge in [-0.1, -0.05) is 42.5 Å². The van der Waals surface area contributed by atoms with Crippen LogP contribution in [-0.4, -0.2) is 51.8 Å². The van der Waals surface area contributed by atoms with Crippen LogP contribution < -0.4 is 10.6 Å². The molecule has 0 radical (unpaired) electrons. The number of amides is 1. The molecule has 0 unspecified atom stereocenters. The zero-order valence-electron chi connectivity index (χ0n) is 16.5. The van der Waals surface area contributed by atoms with Crippen LogP contribution in [-0.2, 0) is 27.2 Å². The number of hydrogen-bond acceptors (Lipinski definition) is 5. The molecule has 2 aromatic carbocycles. The molecule has 0 aromatic heterocycles. The summed E-state index contributed by atoms with van der Waals surface area (Å²) < 4.78 is 0. The van der Waals surface area contributed by atoms with Crippen molar-refractivity contribution >= 4 is 17.8 Å². The van der Waals surface area contributed by atoms with Gasteiger partial charge < -0.3 is 26.0 Å². The van der Waals surface area contributed by atoms with Gasteiger partial charge in [0.05, 0.1) is 12.5 Å². The van der Waals surface area contributed by atoms with Crippen LogP contribution in [0.15, 0.2) is 54.6 Å². The first-order valence-corrected chi connectivity index (χ1v) is 9.65. The molecule has 0 aliphatic rings. The fraction of sp³-hybridized carbons (Fsp3) is 0.318. The number of rotatable bonds is 12. The van der Waals surface area contributed by atoms with Gasteiger partial charge in [-0.15, -0.1) is 0 Å². The molecule has 1 amide bonds. The minimum Gasteiger partial charge on any atom is -0.508 e. The fourth-order valence-corrected chi connectivity index (χ4v) is 3.04. The maximum Gasteiger partial charge on any atom is 0.326 e. The first-order valence-electron chi connectivity index (χ1n) is 9.65. The van der Waals surface area contributed by atoms with Crippen LogP contribution in [0.2, 0.25) is 0 Å². The first kappa shape index (κ1) is 22.9. The Morgan fingerprint density at radius 3 is 2.23 bits per heavy atom. The number of nitrogens with one attached hydrogen (secondary N) is 2. The largest absolute Gasteiger partial charge is 0.508 e. The summed E-state index contributed by atoms with van der Waals surface area (Å²) in [4.78, 5) is 35.3. The highest BCUT2D eigenvalue weighted by atomic mass is 16.4. The molecule has 8 heteroatoms. The van der Waals surface area contributed by atoms with E-state index in [0.29, 0.717) is 19.4 Å². The van der Waals surface area contributed by atoms with Gasteiger partial charge in [-0.25, -0.2) is 4.79 Å². The highest BCUT2D eigenvalue weighted by Gasteiger charge is 2.26. The fourth-order valence-electron chi connectivity index (χ4n) is 3.04. The molecule has 0 spiro atoms. The number of benzene rings is 2. The third-order valence-corrected chi connectivity index (χ3v) is 4.54. The van der Waals surface area contributed by atoms with Gasteiger partial charge in [0.25, 0.3) is 0 Å². The number of carbonyl (C=O) groups excluding carboxylic acids is 1. The van der Waals surface area contributed by atoms with Gasteiger partial charge >= 0.3 is 11.9 Å². The van der Waals surface area contributed by atoms with Gasteiger partial charge in [0.2, 0.25) is 5.91 Å². The molecule has 0 fully saturated rings. The van der Waals surface area contributed by atoms with Crippen molar-refractivity contribution in [2.75, 3.05) is 6.54 Å². The molecule has 160 valence electrons. The van der Waals surface area contributed by atoms with E-state index in [0.717, 1.165) is 11.1 Å². The van der Waals surface area contributed by atoms with Crippen molar-refractivity contribution in [3.05, 3.63) is 65.7 Å². The predicted molar refractivity (Wildman–Crippen MR) is 110 cm³/mol. The van der Waals surface area contributed by atoms with Gasteiger partial charge in [-0.2, -0.15) is 0 Å². The zero-order valence-corrected chi connectivity index (χ0v) is 16.5. The first-order chi connectivity index (χ1) is 14.3. The van der Waals surface area contributed by atoms with Gasteiger partial charge in [0, 0.05) is 6.42 Å². The summed E-state index contributed by atoms with van der Waals surface area (Å²) in [6.07, 6.45) is 0.878. The number of carboxylic acid groups (broad SMARTS) is 2. The highest BCUT2D eigenvalue weighted by Crippen LogP contribution is 2.12. The molecule has 8 nitrogen and oxygen atoms in total. The second kappa shape index (κ2) is 11.6. The van der Waals surface area contributed by atoms with Gasteiger partial charge in [-0.05, 0) is 42.6 Å². The van der Waals surface area contributed by atoms with Crippen molar-refractivity contribution in [2.45, 2.75) is 37.8 Å². The van der Waals surface area contributed by atoms with Crippen LogP contribution in [0.4, 0.5) is 0 Å². The summed E-state index contributed by atoms with van der Waals surface area (Å²) in [5, 5.41) is 33.4. The van der Waals surface area contributed by atoms with Crippen LogP contribution in [0.5, 0.6) is 5.75 Å². The number of aromatic hydroxyl groups is 1. The Kier molecular flexibility index (Phi) is 8.83. The van der Waals surface area contributed by atoms with Crippen molar-refractivity contribution < 1.29 is 29.7 Å². The molecular formula is C22H26N2O6. The molecule has 0 saturated carbocycles. The third-order valence-electron chi connectivity index (χ3n) is 4.54. The highest BCUT2D eigenvalue weighted by molar-refractivity contribution is 5.89. The maximum atomic E-state index is 12.6. The zero-order chi connectivity index (χ0) is 21.9. The van der Waals surface area contributed by atoms with Gasteiger partial charge in [0.15, 0.2) is 0 Å². The number of hydrogen-bond donors (Lipinski definition) is 5. The van der Waals surface area contributed by atoms with Crippen LogP contribution in [0.25, 0.3) is 0 Å². The van der Waals surface area contributed by atoms with E-state index in [-0.39, 0.29) is 12.2 Å². The summed E-state index contributed by atoms with van der Waals surface area (Å²) in [5.74, 6) is -2.85. The van der Waals surface area contributed by atoms with Crippen LogP contribution in [0.3, 0.4) is 0 Å². The Morgan fingerprint density at radius 1 is 0.900 bits per heavy atom. The van der Waals surface area contributed by atoms with E-state index >= 15 is 0 Å². The van der Waals surface area contributed by atoms with E-state index in [1.165, 1.54) is 0 Å². The summed E-state index contributed by atoms with van der Waals surface area (Å²) in [7, 11) is 0. The molecule has 30 heavy (non-hydrogen) atoms. The van der Waals surface area contributed by atoms with E-state index in [2.05, 4.69) is 10.6 Å². The lowest BCUT2D eigenvalue weighted by Crippen LogP contribution is -2.51. The monoisotopic (exact) mass is 414 g/mol. The van der Waals surface area contributed by atoms with E-state index in [1.54, 1.807) is 42.5 Å². The summed E-state index contributed by atoms with van der Waals surface area (Å²) >= 11 is 0. The number of phenols is 1. The molecule has 2 aromatic rings. The molecule has 0 aliphatic heterocycles. The van der Waals surface area contributed by atoms with Crippen LogP contribution in [0, 0.1) is 0 Å². The Labute approximate surface area is 174 Å². The molecule has 5 N–H and O–H groups in total. The van der Waals surface area contributed by atoms with Crippen molar-refractivity contribution in [3.63, 3.8) is 0 Å². The van der Waals surface area contributed by atoms with Crippen LogP contribution >= 0.6 is 0 Å². The number of aryl methyl sites for hydroxylation is 1. The number of phenolic OH excluding ortho intramolecular Hbond substituents is 1. The summed E-state index contributed by atoms with van der Waals surface area (Å²) in [5.41, 5.74) is 1.67. The summed E-state index contributed by atoms with van der Waals surface area (Å²) in [6.45, 7) is 0.359. The number of carbonyl (C=O) groups is 3. The van der Waals surface area contributed by atoms with Crippen molar-refractivity contribution in [2.24, 2.45) is 0 Å². The summed E-state index contributed by atoms with van der Waals surface area (Å²) in [6, 6.07) is 13.5. The minimum absolute atomic E-state index is 0.0964. The Bertz CT molecular complexity index is 856. The topological polar surface area (TPSA) is 136 Å². The molecule has 2 atom stereocenters. The maximum absolute atomic E-state index is 12.6. The lowest BCUT2D eigenvalue weighted by atomic mass is 10.0. The van der Waals surface area contributed by atoms with Crippen molar-refractivity contribution in [1.29, 1.82) is 0 Å². The molecule has 0 aliphatic carbocycles. The average molecular weight is 414 g/mol. The second-order valence-electron chi connectivity index (χ2n) is 6.97. The number of carboxylic acids is 2. The van der Waals surface area contributed by atoms with Crippen molar-refractivity contribution in [1.82, 2.24) is 10.6 Å². The van der Waals surface area contributed by atoms with Gasteiger partial charge in [0.1, 0.15) is 11.8 Å². The van der Waals surface area contributed by atoms with E-state index < -0.39 is 36.4 Å². The Hall–Kier alpha value is -3.39. The predicted octanol–water partition coefficient (Wildman–Crippen LogP) is 1.57. The molecule has 0 bridgehead atoms. The normalized spacial score (nSPS) is 12.7. The number of aliphatic carboxylic acids is 2. The van der Waals surface area contributed by atoms with E-state index in [4.69, 9.17) is 5.11 Å². The SMILES string of the molecule is O=C(O)C[C@H](NCCCc1cccc(O)c1)C(=O)N[C@@H](Cc1ccccc1)C(=O)O. The molecular weight excluding hydrogens is 388 g/mol. The molecule has 2 rings (SSSR count). The van der Waals surface area contributed by atoms with E-state index in [1.807, 2.05) is 12.1 Å². The Morgan fingerprint density at radius 2 is 1.60 bits per heavy atom. The third kappa shape index (κ3) is 7.92. The lowest BCUT2D eigenvalue weighted by Gasteiger charge is -2.20. The minimum atomic E-state index is -1.19. The lowest BCUT2D eigenvalue weighted by molar-refractivity contribution is -0.143. The average Bonchev–Trinajstić information content (AvgIpc) is 2.70. The van der Waals surface area contributed by atoms with Gasteiger partial charge in [-0.3, -0.25) is 9.59 Å². The Balaban J connectivity index is 1.92. The quantitative estimate of drug-likeness (QED) is 0.333. The standard InChI is InChI=1S/C22H26N2O6/c25-17-10-4-8-15(12-17)9-5-11-23-18(14-20(26)27)21(28)24-19(22(29)30)13-16-6-2-1-3-7-16/h1-4,6-8,10,12,18-19,23,25H,5,9,11,13-14H2,(H,24,28)(H,26,27)(H,29,30)/t18-,19-/m0/s1. The van der Waals surface area contributed by atoms with Crippen molar-refractivity contribution in [3.8, 4) is 5.75 Å².